The van der Waals surface area contributed by atoms with Gasteiger partial charge in [-0.2, -0.15) is 0 Å². The lowest BCUT2D eigenvalue weighted by atomic mass is 10.0. The van der Waals surface area contributed by atoms with Gasteiger partial charge in [-0.1, -0.05) is 15.9 Å². The Morgan fingerprint density at radius 1 is 1.22 bits per heavy atom. The molecule has 1 atom stereocenters. The Bertz CT molecular complexity index is 545. The lowest BCUT2D eigenvalue weighted by molar-refractivity contribution is 0.172. The van der Waals surface area contributed by atoms with Crippen molar-refractivity contribution in [3.8, 4) is 0 Å². The zero-order valence-corrected chi connectivity index (χ0v) is 10.9. The minimum atomic E-state index is -0.964. The van der Waals surface area contributed by atoms with Crippen molar-refractivity contribution in [1.29, 1.82) is 0 Å². The van der Waals surface area contributed by atoms with Gasteiger partial charge in [-0.05, 0) is 35.9 Å². The van der Waals surface area contributed by atoms with Crippen molar-refractivity contribution in [1.82, 2.24) is 4.98 Å². The van der Waals surface area contributed by atoms with Gasteiger partial charge in [0, 0.05) is 10.9 Å². The molecule has 0 amide bonds. The number of hydrogen-bond acceptors (Lipinski definition) is 2. The molecule has 1 heterocycles. The maximum absolute atomic E-state index is 13.5. The molecule has 18 heavy (non-hydrogen) atoms. The first-order valence-electron chi connectivity index (χ1n) is 5.29. The number of aliphatic hydroxyl groups is 1. The molecule has 2 rings (SSSR count). The topological polar surface area (TPSA) is 33.1 Å². The Kier molecular flexibility index (Phi) is 4.04. The van der Waals surface area contributed by atoms with Crippen LogP contribution >= 0.6 is 15.9 Å². The molecule has 1 aromatic carbocycles. The van der Waals surface area contributed by atoms with Gasteiger partial charge in [0.15, 0.2) is 0 Å². The summed E-state index contributed by atoms with van der Waals surface area (Å²) in [7, 11) is 0. The number of aliphatic hydroxyl groups excluding tert-OH is 1. The van der Waals surface area contributed by atoms with Crippen molar-refractivity contribution < 1.29 is 13.9 Å². The molecule has 2 nitrogen and oxygen atoms in total. The van der Waals surface area contributed by atoms with Gasteiger partial charge in [-0.25, -0.2) is 8.78 Å². The fourth-order valence-corrected chi connectivity index (χ4v) is 2.01. The smallest absolute Gasteiger partial charge is 0.141 e. The summed E-state index contributed by atoms with van der Waals surface area (Å²) in [5, 5.41) is 9.91. The first-order chi connectivity index (χ1) is 8.56. The van der Waals surface area contributed by atoms with Gasteiger partial charge in [0.05, 0.1) is 11.9 Å². The molecule has 5 heteroatoms. The van der Waals surface area contributed by atoms with Crippen LogP contribution in [-0.4, -0.2) is 10.1 Å². The second-order valence-corrected chi connectivity index (χ2v) is 4.77. The average Bonchev–Trinajstić information content (AvgIpc) is 2.34. The summed E-state index contributed by atoms with van der Waals surface area (Å²) in [6.45, 7) is 0. The third-order valence-electron chi connectivity index (χ3n) is 2.51. The van der Waals surface area contributed by atoms with Crippen LogP contribution in [0.4, 0.5) is 8.78 Å². The van der Waals surface area contributed by atoms with Crippen LogP contribution in [0.25, 0.3) is 0 Å². The van der Waals surface area contributed by atoms with Crippen LogP contribution in [0.1, 0.15) is 17.4 Å². The fraction of sp³-hybridized carbons (Fsp3) is 0.154. The maximum atomic E-state index is 13.5. The van der Waals surface area contributed by atoms with Gasteiger partial charge in [-0.15, -0.1) is 0 Å². The molecule has 0 aliphatic carbocycles. The Hall–Kier alpha value is -1.33. The predicted octanol–water partition coefficient (Wildman–Crippen LogP) is 3.40. The van der Waals surface area contributed by atoms with E-state index in [0.29, 0.717) is 11.3 Å². The first-order valence-corrected chi connectivity index (χ1v) is 6.09. The minimum Gasteiger partial charge on any atom is -0.386 e. The van der Waals surface area contributed by atoms with E-state index in [1.807, 2.05) is 0 Å². The molecule has 94 valence electrons. The summed E-state index contributed by atoms with van der Waals surface area (Å²) >= 11 is 3.24. The third kappa shape index (κ3) is 3.11. The normalized spacial score (nSPS) is 12.4. The molecule has 0 spiro atoms. The van der Waals surface area contributed by atoms with Crippen LogP contribution in [0.3, 0.4) is 0 Å². The van der Waals surface area contributed by atoms with Crippen molar-refractivity contribution in [3.05, 3.63) is 63.9 Å². The average molecular weight is 314 g/mol. The lowest BCUT2D eigenvalue weighted by Crippen LogP contribution is -2.05. The van der Waals surface area contributed by atoms with Crippen LogP contribution in [0.5, 0.6) is 0 Å². The summed E-state index contributed by atoms with van der Waals surface area (Å²) in [5.74, 6) is -0.862. The second kappa shape index (κ2) is 5.54. The van der Waals surface area contributed by atoms with E-state index in [4.69, 9.17) is 0 Å². The van der Waals surface area contributed by atoms with Gasteiger partial charge in [0.25, 0.3) is 0 Å². The standard InChI is InChI=1S/C13H10BrF2NO/c14-9-1-3-11(16)8(5-9)6-13(18)12-4-2-10(15)7-17-12/h1-5,7,13,18H,6H2. The second-order valence-electron chi connectivity index (χ2n) is 3.86. The zero-order chi connectivity index (χ0) is 13.1. The molecular weight excluding hydrogens is 304 g/mol. The Morgan fingerprint density at radius 2 is 2.00 bits per heavy atom. The van der Waals surface area contributed by atoms with E-state index < -0.39 is 11.9 Å². The van der Waals surface area contributed by atoms with E-state index in [1.165, 1.54) is 18.2 Å². The van der Waals surface area contributed by atoms with E-state index in [9.17, 15) is 13.9 Å². The molecule has 0 saturated heterocycles. The van der Waals surface area contributed by atoms with E-state index in [0.717, 1.165) is 10.7 Å². The van der Waals surface area contributed by atoms with Gasteiger partial charge in [0.1, 0.15) is 17.7 Å². The molecule has 2 aromatic rings. The Balaban J connectivity index is 2.18. The van der Waals surface area contributed by atoms with Crippen molar-refractivity contribution in [2.75, 3.05) is 0 Å². The molecule has 0 bridgehead atoms. The molecular formula is C13H10BrF2NO. The number of pyridine rings is 1. The number of rotatable bonds is 3. The van der Waals surface area contributed by atoms with Gasteiger partial charge < -0.3 is 5.11 Å². The molecule has 0 aliphatic heterocycles. The minimum absolute atomic E-state index is 0.0872. The summed E-state index contributed by atoms with van der Waals surface area (Å²) < 4.78 is 26.9. The zero-order valence-electron chi connectivity index (χ0n) is 9.28. The first kappa shape index (κ1) is 13.1. The van der Waals surface area contributed by atoms with E-state index in [-0.39, 0.29) is 12.2 Å². The predicted molar refractivity (Wildman–Crippen MR) is 67.0 cm³/mol. The van der Waals surface area contributed by atoms with Crippen LogP contribution < -0.4 is 0 Å². The quantitative estimate of drug-likeness (QED) is 0.942. The van der Waals surface area contributed by atoms with Crippen molar-refractivity contribution in [2.24, 2.45) is 0 Å². The third-order valence-corrected chi connectivity index (χ3v) is 3.01. The van der Waals surface area contributed by atoms with Crippen molar-refractivity contribution in [2.45, 2.75) is 12.5 Å². The molecule has 1 aromatic heterocycles. The highest BCUT2D eigenvalue weighted by atomic mass is 79.9. The summed E-state index contributed by atoms with van der Waals surface area (Å²) in [4.78, 5) is 3.77. The number of benzene rings is 1. The SMILES string of the molecule is OC(Cc1cc(Br)ccc1F)c1ccc(F)cn1. The molecule has 0 fully saturated rings. The highest BCUT2D eigenvalue weighted by Gasteiger charge is 2.13. The summed E-state index contributed by atoms with van der Waals surface area (Å²) in [6.07, 6.45) is 0.147. The summed E-state index contributed by atoms with van der Waals surface area (Å²) in [5.41, 5.74) is 0.693. The number of halogens is 3. The fourth-order valence-electron chi connectivity index (χ4n) is 1.60. The number of aromatic nitrogens is 1. The number of hydrogen-bond donors (Lipinski definition) is 1. The van der Waals surface area contributed by atoms with Crippen LogP contribution in [0, 0.1) is 11.6 Å². The van der Waals surface area contributed by atoms with Crippen LogP contribution in [-0.2, 0) is 6.42 Å². The van der Waals surface area contributed by atoms with E-state index >= 15 is 0 Å². The number of nitrogens with zero attached hydrogens (tertiary/aromatic N) is 1. The molecule has 0 saturated carbocycles. The lowest BCUT2D eigenvalue weighted by Gasteiger charge is -2.11. The molecule has 0 aliphatic rings. The van der Waals surface area contributed by atoms with Gasteiger partial charge >= 0.3 is 0 Å². The molecule has 1 N–H and O–H groups in total. The van der Waals surface area contributed by atoms with E-state index in [1.54, 1.807) is 12.1 Å². The van der Waals surface area contributed by atoms with Gasteiger partial charge in [-0.3, -0.25) is 4.98 Å². The molecule has 0 radical (unpaired) electrons. The van der Waals surface area contributed by atoms with Gasteiger partial charge in [0.2, 0.25) is 0 Å². The largest absolute Gasteiger partial charge is 0.386 e. The molecule has 1 unspecified atom stereocenters. The summed E-state index contributed by atoms with van der Waals surface area (Å²) in [6, 6.07) is 7.10. The highest BCUT2D eigenvalue weighted by molar-refractivity contribution is 9.10. The highest BCUT2D eigenvalue weighted by Crippen LogP contribution is 2.21. The van der Waals surface area contributed by atoms with Crippen LogP contribution in [0.15, 0.2) is 41.0 Å². The maximum Gasteiger partial charge on any atom is 0.141 e. The van der Waals surface area contributed by atoms with Crippen LogP contribution in [0.2, 0.25) is 0 Å². The van der Waals surface area contributed by atoms with Crippen molar-refractivity contribution in [3.63, 3.8) is 0 Å². The monoisotopic (exact) mass is 313 g/mol. The van der Waals surface area contributed by atoms with E-state index in [2.05, 4.69) is 20.9 Å². The Labute approximate surface area is 111 Å². The van der Waals surface area contributed by atoms with Crippen molar-refractivity contribution >= 4 is 15.9 Å². The Morgan fingerprint density at radius 3 is 2.67 bits per heavy atom.